The molecule has 0 saturated heterocycles. The Hall–Kier alpha value is -0.300. The van der Waals surface area contributed by atoms with Gasteiger partial charge < -0.3 is 0 Å². The fourth-order valence-corrected chi connectivity index (χ4v) is 1.72. The van der Waals surface area contributed by atoms with Gasteiger partial charge in [0.15, 0.2) is 0 Å². The molecular weight excluding hydrogens is 236 g/mol. The Kier molecular flexibility index (Phi) is 4.18. The molecule has 0 amide bonds. The van der Waals surface area contributed by atoms with Crippen LogP contribution < -0.4 is 0 Å². The van der Waals surface area contributed by atoms with Gasteiger partial charge in [-0.25, -0.2) is 0 Å². The first-order chi connectivity index (χ1) is 6.54. The van der Waals surface area contributed by atoms with E-state index in [0.717, 1.165) is 5.33 Å². The van der Waals surface area contributed by atoms with Crippen molar-refractivity contribution in [2.75, 3.05) is 5.33 Å². The van der Waals surface area contributed by atoms with Gasteiger partial charge in [-0.05, 0) is 29.4 Å². The van der Waals surface area contributed by atoms with Crippen LogP contribution in [0.25, 0.3) is 0 Å². The van der Waals surface area contributed by atoms with Crippen molar-refractivity contribution in [2.45, 2.75) is 39.0 Å². The summed E-state index contributed by atoms with van der Waals surface area (Å²) in [6.45, 7) is 6.75. The van der Waals surface area contributed by atoms with Crippen LogP contribution in [0, 0.1) is 0 Å². The third kappa shape index (κ3) is 3.45. The second kappa shape index (κ2) is 4.97. The van der Waals surface area contributed by atoms with Crippen LogP contribution in [-0.4, -0.2) is 5.33 Å². The van der Waals surface area contributed by atoms with Crippen LogP contribution in [0.1, 0.15) is 38.3 Å². The molecule has 1 rings (SSSR count). The molecule has 0 aliphatic heterocycles. The van der Waals surface area contributed by atoms with E-state index in [4.69, 9.17) is 0 Å². The summed E-state index contributed by atoms with van der Waals surface area (Å²) in [4.78, 5) is 0. The maximum absolute atomic E-state index is 3.45. The largest absolute Gasteiger partial charge is 0.0928 e. The van der Waals surface area contributed by atoms with E-state index < -0.39 is 0 Å². The maximum atomic E-state index is 3.45. The monoisotopic (exact) mass is 254 g/mol. The molecule has 0 fully saturated rings. The van der Waals surface area contributed by atoms with Crippen molar-refractivity contribution < 1.29 is 0 Å². The van der Waals surface area contributed by atoms with E-state index in [2.05, 4.69) is 61.0 Å². The number of rotatable bonds is 3. The first kappa shape index (κ1) is 11.8. The molecule has 1 aromatic carbocycles. The van der Waals surface area contributed by atoms with Crippen molar-refractivity contribution in [2.24, 2.45) is 0 Å². The molecule has 0 atom stereocenters. The molecule has 0 aliphatic rings. The third-order valence-electron chi connectivity index (χ3n) is 2.42. The van der Waals surface area contributed by atoms with Crippen molar-refractivity contribution in [1.82, 2.24) is 0 Å². The summed E-state index contributed by atoms with van der Waals surface area (Å²) in [6, 6.07) is 9.01. The zero-order valence-electron chi connectivity index (χ0n) is 9.31. The van der Waals surface area contributed by atoms with Crippen molar-refractivity contribution >= 4 is 15.9 Å². The van der Waals surface area contributed by atoms with Crippen LogP contribution in [0.15, 0.2) is 24.3 Å². The van der Waals surface area contributed by atoms with Crippen LogP contribution in [0.2, 0.25) is 0 Å². The normalized spacial score (nSPS) is 11.7. The van der Waals surface area contributed by atoms with Crippen LogP contribution in [-0.2, 0) is 11.8 Å². The summed E-state index contributed by atoms with van der Waals surface area (Å²) in [5.74, 6) is 0. The fraction of sp³-hybridized carbons (Fsp3) is 0.538. The van der Waals surface area contributed by atoms with Gasteiger partial charge in [0.25, 0.3) is 0 Å². The van der Waals surface area contributed by atoms with Gasteiger partial charge >= 0.3 is 0 Å². The molecule has 0 unspecified atom stereocenters. The molecular formula is C13H19Br. The average molecular weight is 255 g/mol. The van der Waals surface area contributed by atoms with Gasteiger partial charge in [0.05, 0.1) is 0 Å². The van der Waals surface area contributed by atoms with Crippen LogP contribution in [0.3, 0.4) is 0 Å². The molecule has 0 radical (unpaired) electrons. The maximum Gasteiger partial charge on any atom is 0.00344 e. The molecule has 1 heteroatoms. The highest BCUT2D eigenvalue weighted by molar-refractivity contribution is 9.09. The highest BCUT2D eigenvalue weighted by Gasteiger charge is 2.12. The van der Waals surface area contributed by atoms with Crippen molar-refractivity contribution in [3.05, 3.63) is 35.4 Å². The smallest absolute Gasteiger partial charge is 0.00344 e. The summed E-state index contributed by atoms with van der Waals surface area (Å²) >= 11 is 3.45. The lowest BCUT2D eigenvalue weighted by Crippen LogP contribution is -2.10. The van der Waals surface area contributed by atoms with E-state index in [1.165, 1.54) is 24.0 Å². The quantitative estimate of drug-likeness (QED) is 0.706. The number of hydrogen-bond donors (Lipinski definition) is 0. The highest BCUT2D eigenvalue weighted by Crippen LogP contribution is 2.22. The Balaban J connectivity index is 2.69. The summed E-state index contributed by atoms with van der Waals surface area (Å²) < 4.78 is 0. The summed E-state index contributed by atoms with van der Waals surface area (Å²) in [5, 5.41) is 1.09. The van der Waals surface area contributed by atoms with Gasteiger partial charge in [-0.2, -0.15) is 0 Å². The second-order valence-corrected chi connectivity index (χ2v) is 5.53. The van der Waals surface area contributed by atoms with Crippen LogP contribution in [0.4, 0.5) is 0 Å². The van der Waals surface area contributed by atoms with Gasteiger partial charge in [-0.3, -0.25) is 0 Å². The molecule has 14 heavy (non-hydrogen) atoms. The lowest BCUT2D eigenvalue weighted by Gasteiger charge is -2.19. The minimum absolute atomic E-state index is 0.272. The van der Waals surface area contributed by atoms with E-state index in [1.54, 1.807) is 0 Å². The predicted octanol–water partition coefficient (Wildman–Crippen LogP) is 4.31. The third-order valence-corrected chi connectivity index (χ3v) is 2.98. The van der Waals surface area contributed by atoms with E-state index in [1.807, 2.05) is 0 Å². The van der Waals surface area contributed by atoms with Crippen LogP contribution >= 0.6 is 15.9 Å². The summed E-state index contributed by atoms with van der Waals surface area (Å²) in [7, 11) is 0. The molecule has 0 bridgehead atoms. The molecule has 0 aliphatic carbocycles. The first-order valence-corrected chi connectivity index (χ1v) is 6.31. The Morgan fingerprint density at radius 1 is 1.07 bits per heavy atom. The number of alkyl halides is 1. The van der Waals surface area contributed by atoms with Gasteiger partial charge in [-0.1, -0.05) is 61.0 Å². The highest BCUT2D eigenvalue weighted by atomic mass is 79.9. The molecule has 0 N–H and O–H groups in total. The van der Waals surface area contributed by atoms with Gasteiger partial charge in [0.2, 0.25) is 0 Å². The lowest BCUT2D eigenvalue weighted by atomic mass is 9.86. The fourth-order valence-electron chi connectivity index (χ4n) is 1.44. The number of hydrogen-bond acceptors (Lipinski definition) is 0. The van der Waals surface area contributed by atoms with E-state index >= 15 is 0 Å². The lowest BCUT2D eigenvalue weighted by molar-refractivity contribution is 0.590. The Morgan fingerprint density at radius 2 is 1.64 bits per heavy atom. The van der Waals surface area contributed by atoms with E-state index in [0.29, 0.717) is 0 Å². The second-order valence-electron chi connectivity index (χ2n) is 4.74. The number of halogens is 1. The topological polar surface area (TPSA) is 0 Å². The minimum Gasteiger partial charge on any atom is -0.0928 e. The molecule has 0 nitrogen and oxygen atoms in total. The van der Waals surface area contributed by atoms with E-state index in [9.17, 15) is 0 Å². The number of benzene rings is 1. The van der Waals surface area contributed by atoms with Gasteiger partial charge in [0, 0.05) is 5.33 Å². The van der Waals surface area contributed by atoms with Gasteiger partial charge in [-0.15, -0.1) is 0 Å². The van der Waals surface area contributed by atoms with E-state index in [-0.39, 0.29) is 5.41 Å². The molecule has 0 spiro atoms. The zero-order chi connectivity index (χ0) is 10.6. The molecule has 1 aromatic rings. The standard InChI is InChI=1S/C13H19Br/c1-13(2,3)12-8-6-11(7-9-12)5-4-10-14/h6-9H,4-5,10H2,1-3H3. The molecule has 0 aromatic heterocycles. The summed E-state index contributed by atoms with van der Waals surface area (Å²) in [6.07, 6.45) is 2.39. The minimum atomic E-state index is 0.272. The van der Waals surface area contributed by atoms with Crippen molar-refractivity contribution in [3.63, 3.8) is 0 Å². The molecule has 78 valence electrons. The van der Waals surface area contributed by atoms with Gasteiger partial charge in [0.1, 0.15) is 0 Å². The Bertz CT molecular complexity index is 266. The Morgan fingerprint density at radius 3 is 2.07 bits per heavy atom. The van der Waals surface area contributed by atoms with Crippen molar-refractivity contribution in [3.8, 4) is 0 Å². The summed E-state index contributed by atoms with van der Waals surface area (Å²) in [5.41, 5.74) is 3.13. The van der Waals surface area contributed by atoms with Crippen LogP contribution in [0.5, 0.6) is 0 Å². The van der Waals surface area contributed by atoms with Crippen molar-refractivity contribution in [1.29, 1.82) is 0 Å². The SMILES string of the molecule is CC(C)(C)c1ccc(CCCBr)cc1. The zero-order valence-corrected chi connectivity index (χ0v) is 10.9. The first-order valence-electron chi connectivity index (χ1n) is 5.19. The molecule has 0 saturated carbocycles. The predicted molar refractivity (Wildman–Crippen MR) is 67.3 cm³/mol. The average Bonchev–Trinajstić information content (AvgIpc) is 2.14. The molecule has 0 heterocycles. The Labute approximate surface area is 95.9 Å². The number of aryl methyl sites for hydroxylation is 1.